The molecule has 0 fully saturated rings. The third-order valence-corrected chi connectivity index (χ3v) is 2.25. The molecule has 0 aromatic carbocycles. The van der Waals surface area contributed by atoms with Crippen LogP contribution in [0.5, 0.6) is 0 Å². The average Bonchev–Trinajstić information content (AvgIpc) is 2.13. The van der Waals surface area contributed by atoms with Crippen molar-refractivity contribution in [3.05, 3.63) is 0 Å². The number of nitrogens with one attached hydrogen (secondary N) is 1. The summed E-state index contributed by atoms with van der Waals surface area (Å²) in [6.45, 7) is 4.97. The lowest BCUT2D eigenvalue weighted by Gasteiger charge is -2.22. The second kappa shape index (κ2) is 4.21. The standard InChI is InChI=1S/C8H15NO3/c1-4-6(10)8(3,5-2)7(11)9-12/h12H,4-5H2,1-3H3,(H,9,11)/t8-/m0/s1. The van der Waals surface area contributed by atoms with Crippen molar-refractivity contribution in [2.24, 2.45) is 5.41 Å². The molecule has 70 valence electrons. The zero-order chi connectivity index (χ0) is 9.78. The number of rotatable bonds is 4. The Hall–Kier alpha value is -0.900. The highest BCUT2D eigenvalue weighted by Crippen LogP contribution is 2.23. The van der Waals surface area contributed by atoms with E-state index < -0.39 is 11.3 Å². The molecule has 0 aromatic heterocycles. The number of hydroxylamine groups is 1. The van der Waals surface area contributed by atoms with Crippen LogP contribution in [0.25, 0.3) is 0 Å². The Morgan fingerprint density at radius 2 is 1.92 bits per heavy atom. The van der Waals surface area contributed by atoms with Gasteiger partial charge >= 0.3 is 0 Å². The minimum Gasteiger partial charge on any atom is -0.299 e. The maximum atomic E-state index is 11.3. The number of carbonyl (C=O) groups excluding carboxylic acids is 2. The second-order valence-electron chi connectivity index (χ2n) is 2.90. The van der Waals surface area contributed by atoms with Crippen molar-refractivity contribution in [3.8, 4) is 0 Å². The molecule has 0 bridgehead atoms. The van der Waals surface area contributed by atoms with Crippen LogP contribution in [-0.4, -0.2) is 16.9 Å². The summed E-state index contributed by atoms with van der Waals surface area (Å²) in [7, 11) is 0. The number of hydrogen-bond acceptors (Lipinski definition) is 3. The van der Waals surface area contributed by atoms with Crippen LogP contribution in [0.15, 0.2) is 0 Å². The molecule has 0 aliphatic rings. The van der Waals surface area contributed by atoms with E-state index in [4.69, 9.17) is 5.21 Å². The second-order valence-corrected chi connectivity index (χ2v) is 2.90. The monoisotopic (exact) mass is 173 g/mol. The first-order chi connectivity index (χ1) is 5.52. The Morgan fingerprint density at radius 1 is 1.42 bits per heavy atom. The summed E-state index contributed by atoms with van der Waals surface area (Å²) < 4.78 is 0. The zero-order valence-corrected chi connectivity index (χ0v) is 7.68. The van der Waals surface area contributed by atoms with Gasteiger partial charge in [0.1, 0.15) is 11.2 Å². The molecule has 12 heavy (non-hydrogen) atoms. The molecular weight excluding hydrogens is 158 g/mol. The fourth-order valence-electron chi connectivity index (χ4n) is 0.998. The van der Waals surface area contributed by atoms with Crippen molar-refractivity contribution in [3.63, 3.8) is 0 Å². The lowest BCUT2D eigenvalue weighted by Crippen LogP contribution is -2.42. The van der Waals surface area contributed by atoms with E-state index in [1.54, 1.807) is 13.8 Å². The maximum Gasteiger partial charge on any atom is 0.256 e. The van der Waals surface area contributed by atoms with Crippen molar-refractivity contribution in [2.75, 3.05) is 0 Å². The predicted octanol–water partition coefficient (Wildman–Crippen LogP) is 0.887. The van der Waals surface area contributed by atoms with E-state index in [-0.39, 0.29) is 5.78 Å². The van der Waals surface area contributed by atoms with Gasteiger partial charge in [0.15, 0.2) is 0 Å². The zero-order valence-electron chi connectivity index (χ0n) is 7.68. The van der Waals surface area contributed by atoms with E-state index in [1.165, 1.54) is 12.4 Å². The van der Waals surface area contributed by atoms with Crippen molar-refractivity contribution < 1.29 is 14.8 Å². The van der Waals surface area contributed by atoms with Crippen LogP contribution in [0, 0.1) is 5.41 Å². The smallest absolute Gasteiger partial charge is 0.256 e. The molecule has 0 saturated heterocycles. The Labute approximate surface area is 71.9 Å². The van der Waals surface area contributed by atoms with Gasteiger partial charge in [0.25, 0.3) is 5.91 Å². The summed E-state index contributed by atoms with van der Waals surface area (Å²) in [6.07, 6.45) is 0.698. The van der Waals surface area contributed by atoms with Gasteiger partial charge in [0, 0.05) is 6.42 Å². The normalized spacial score (nSPS) is 15.0. The summed E-state index contributed by atoms with van der Waals surface area (Å²) in [5.74, 6) is -0.784. The van der Waals surface area contributed by atoms with E-state index in [0.29, 0.717) is 12.8 Å². The van der Waals surface area contributed by atoms with Crippen molar-refractivity contribution in [1.29, 1.82) is 0 Å². The Balaban J connectivity index is 4.66. The van der Waals surface area contributed by atoms with Crippen LogP contribution in [0.1, 0.15) is 33.6 Å². The van der Waals surface area contributed by atoms with Gasteiger partial charge in [-0.2, -0.15) is 0 Å². The Morgan fingerprint density at radius 3 is 2.17 bits per heavy atom. The van der Waals surface area contributed by atoms with Gasteiger partial charge < -0.3 is 0 Å². The van der Waals surface area contributed by atoms with Crippen LogP contribution < -0.4 is 5.48 Å². The van der Waals surface area contributed by atoms with Gasteiger partial charge in [-0.25, -0.2) is 5.48 Å². The first-order valence-corrected chi connectivity index (χ1v) is 4.00. The van der Waals surface area contributed by atoms with Crippen molar-refractivity contribution in [2.45, 2.75) is 33.6 Å². The molecule has 4 nitrogen and oxygen atoms in total. The van der Waals surface area contributed by atoms with Crippen LogP contribution in [0.3, 0.4) is 0 Å². The van der Waals surface area contributed by atoms with E-state index in [0.717, 1.165) is 0 Å². The maximum absolute atomic E-state index is 11.3. The fraction of sp³-hybridized carbons (Fsp3) is 0.750. The first-order valence-electron chi connectivity index (χ1n) is 4.00. The molecular formula is C8H15NO3. The number of carbonyl (C=O) groups is 2. The van der Waals surface area contributed by atoms with E-state index in [2.05, 4.69) is 0 Å². The molecule has 0 unspecified atom stereocenters. The molecule has 0 rings (SSSR count). The largest absolute Gasteiger partial charge is 0.299 e. The number of hydrogen-bond donors (Lipinski definition) is 2. The molecule has 4 heteroatoms. The highest BCUT2D eigenvalue weighted by molar-refractivity contribution is 6.05. The molecule has 0 spiro atoms. The van der Waals surface area contributed by atoms with Crippen molar-refractivity contribution >= 4 is 11.7 Å². The highest BCUT2D eigenvalue weighted by atomic mass is 16.5. The van der Waals surface area contributed by atoms with Crippen molar-refractivity contribution in [1.82, 2.24) is 5.48 Å². The third kappa shape index (κ3) is 1.82. The molecule has 0 heterocycles. The number of ketones is 1. The molecule has 1 atom stereocenters. The topological polar surface area (TPSA) is 66.4 Å². The molecule has 0 radical (unpaired) electrons. The minimum atomic E-state index is -1.08. The Kier molecular flexibility index (Phi) is 3.89. The van der Waals surface area contributed by atoms with Gasteiger partial charge in [-0.1, -0.05) is 13.8 Å². The summed E-state index contributed by atoms with van der Waals surface area (Å²) in [4.78, 5) is 22.4. The highest BCUT2D eigenvalue weighted by Gasteiger charge is 2.37. The summed E-state index contributed by atoms with van der Waals surface area (Å²) >= 11 is 0. The van der Waals surface area contributed by atoms with Gasteiger partial charge in [-0.05, 0) is 13.3 Å². The molecule has 0 aliphatic heterocycles. The van der Waals surface area contributed by atoms with Crippen LogP contribution in [0.2, 0.25) is 0 Å². The summed E-state index contributed by atoms with van der Waals surface area (Å²) in [5.41, 5.74) is 0.432. The number of amides is 1. The van der Waals surface area contributed by atoms with Gasteiger partial charge in [-0.15, -0.1) is 0 Å². The van der Waals surface area contributed by atoms with Crippen LogP contribution in [0.4, 0.5) is 0 Å². The quantitative estimate of drug-likeness (QED) is 0.377. The fourth-order valence-corrected chi connectivity index (χ4v) is 0.998. The predicted molar refractivity (Wildman–Crippen MR) is 43.6 cm³/mol. The number of Topliss-reactive ketones (excluding diaryl/α,β-unsaturated/α-hetero) is 1. The van der Waals surface area contributed by atoms with Gasteiger partial charge in [0.05, 0.1) is 0 Å². The van der Waals surface area contributed by atoms with E-state index in [9.17, 15) is 9.59 Å². The summed E-state index contributed by atoms with van der Waals surface area (Å²) in [5, 5.41) is 8.39. The molecule has 1 amide bonds. The molecule has 0 aromatic rings. The molecule has 2 N–H and O–H groups in total. The lowest BCUT2D eigenvalue weighted by molar-refractivity contribution is -0.147. The van der Waals surface area contributed by atoms with Gasteiger partial charge in [-0.3, -0.25) is 14.8 Å². The van der Waals surface area contributed by atoms with E-state index >= 15 is 0 Å². The van der Waals surface area contributed by atoms with Crippen LogP contribution >= 0.6 is 0 Å². The van der Waals surface area contributed by atoms with Gasteiger partial charge in [0.2, 0.25) is 0 Å². The SMILES string of the molecule is CCC(=O)[C@](C)(CC)C(=O)NO. The van der Waals surface area contributed by atoms with E-state index in [1.807, 2.05) is 0 Å². The average molecular weight is 173 g/mol. The lowest BCUT2D eigenvalue weighted by atomic mass is 9.81. The first kappa shape index (κ1) is 11.1. The third-order valence-electron chi connectivity index (χ3n) is 2.25. The molecule has 0 aliphatic carbocycles. The summed E-state index contributed by atoms with van der Waals surface area (Å²) in [6, 6.07) is 0. The Bertz CT molecular complexity index is 173. The van der Waals surface area contributed by atoms with Crippen LogP contribution in [-0.2, 0) is 9.59 Å². The molecule has 0 saturated carbocycles. The minimum absolute atomic E-state index is 0.156.